The van der Waals surface area contributed by atoms with Crippen LogP contribution in [0.2, 0.25) is 0 Å². The number of rotatable bonds is 9. The molecule has 0 amide bonds. The summed E-state index contributed by atoms with van der Waals surface area (Å²) < 4.78 is 13.8. The molecule has 10 nitrogen and oxygen atoms in total. The predicted octanol–water partition coefficient (Wildman–Crippen LogP) is 3.10. The lowest BCUT2D eigenvalue weighted by Crippen LogP contribution is -2.30. The van der Waals surface area contributed by atoms with Gasteiger partial charge in [0.15, 0.2) is 27.9 Å². The molecule has 0 spiro atoms. The third-order valence-electron chi connectivity index (χ3n) is 5.63. The van der Waals surface area contributed by atoms with Crippen LogP contribution in [0.15, 0.2) is 5.16 Å². The number of ether oxygens (including phenoxy) is 2. The Morgan fingerprint density at radius 1 is 1.26 bits per heavy atom. The van der Waals surface area contributed by atoms with Gasteiger partial charge in [-0.2, -0.15) is 0 Å². The molecule has 2 aromatic heterocycles. The molecule has 170 valence electrons. The Bertz CT molecular complexity index is 951. The number of fused-ring (bicyclic) bond motifs is 2. The van der Waals surface area contributed by atoms with Gasteiger partial charge in [0, 0.05) is 12.3 Å². The molecule has 1 aliphatic heterocycles. The van der Waals surface area contributed by atoms with Crippen molar-refractivity contribution in [2.75, 3.05) is 17.6 Å². The Labute approximate surface area is 185 Å². The Morgan fingerprint density at radius 2 is 2.03 bits per heavy atom. The van der Waals surface area contributed by atoms with E-state index in [-0.39, 0.29) is 6.04 Å². The molecule has 2 aromatic rings. The molecule has 4 rings (SSSR count). The highest BCUT2D eigenvalue weighted by Crippen LogP contribution is 2.47. The second-order valence-corrected chi connectivity index (χ2v) is 9.56. The number of nitrogens with one attached hydrogen (secondary N) is 1. The van der Waals surface area contributed by atoms with Crippen molar-refractivity contribution in [2.45, 2.75) is 82.6 Å². The zero-order valence-electron chi connectivity index (χ0n) is 18.4. The minimum atomic E-state index is -0.890. The van der Waals surface area contributed by atoms with Crippen molar-refractivity contribution < 1.29 is 19.4 Å². The normalized spacial score (nSPS) is 27.0. The van der Waals surface area contributed by atoms with Gasteiger partial charge in [0.2, 0.25) is 0 Å². The molecule has 2 fully saturated rings. The number of hydrogen-bond acceptors (Lipinski definition) is 9. The number of carboxylic acid groups (broad SMARTS) is 1. The number of aromatic nitrogens is 5. The number of hydrogen-bond donors (Lipinski definition) is 2. The number of nitrogens with zero attached hydrogens (tertiary/aromatic N) is 5. The second kappa shape index (κ2) is 8.87. The summed E-state index contributed by atoms with van der Waals surface area (Å²) in [5.41, 5.74) is 1.18. The third kappa shape index (κ3) is 4.35. The van der Waals surface area contributed by atoms with Gasteiger partial charge in [-0.05, 0) is 33.1 Å². The Balaban J connectivity index is 1.73. The second-order valence-electron chi connectivity index (χ2n) is 8.50. The first-order valence-electron chi connectivity index (χ1n) is 10.9. The number of carboxylic acids is 1. The van der Waals surface area contributed by atoms with Gasteiger partial charge >= 0.3 is 5.97 Å². The summed E-state index contributed by atoms with van der Waals surface area (Å²) in [6.07, 6.45) is 2.48. The number of anilines is 1. The van der Waals surface area contributed by atoms with E-state index >= 15 is 0 Å². The van der Waals surface area contributed by atoms with Crippen molar-refractivity contribution in [3.8, 4) is 0 Å². The third-order valence-corrected chi connectivity index (χ3v) is 6.68. The predicted molar refractivity (Wildman–Crippen MR) is 116 cm³/mol. The van der Waals surface area contributed by atoms with Crippen molar-refractivity contribution in [3.05, 3.63) is 0 Å². The standard InChI is InChI=1S/C20H30N6O4S/c1-5-7-8-21-16-13-17(23-19(22-16)31-9-6-2)26(25-24-13)12-10-11(18(27)28)14-15(12)30-20(3,4)29-14/h11-12,14-15H,5-10H2,1-4H3,(H,27,28)(H,21,22,23). The van der Waals surface area contributed by atoms with Crippen LogP contribution in [-0.2, 0) is 14.3 Å². The molecule has 2 aliphatic rings. The van der Waals surface area contributed by atoms with Crippen molar-refractivity contribution in [1.29, 1.82) is 0 Å². The zero-order valence-corrected chi connectivity index (χ0v) is 19.2. The van der Waals surface area contributed by atoms with Crippen LogP contribution in [0.3, 0.4) is 0 Å². The van der Waals surface area contributed by atoms with Gasteiger partial charge < -0.3 is 19.9 Å². The van der Waals surface area contributed by atoms with E-state index in [0.717, 1.165) is 31.6 Å². The average molecular weight is 451 g/mol. The summed E-state index contributed by atoms with van der Waals surface area (Å²) in [7, 11) is 0. The molecule has 31 heavy (non-hydrogen) atoms. The van der Waals surface area contributed by atoms with E-state index in [1.165, 1.54) is 0 Å². The van der Waals surface area contributed by atoms with E-state index in [4.69, 9.17) is 14.5 Å². The van der Waals surface area contributed by atoms with E-state index in [9.17, 15) is 9.90 Å². The monoisotopic (exact) mass is 450 g/mol. The van der Waals surface area contributed by atoms with Gasteiger partial charge in [-0.1, -0.05) is 37.2 Å². The topological polar surface area (TPSA) is 124 Å². The van der Waals surface area contributed by atoms with Crippen LogP contribution in [0.1, 0.15) is 59.4 Å². The van der Waals surface area contributed by atoms with Crippen LogP contribution < -0.4 is 5.32 Å². The average Bonchev–Trinajstić information content (AvgIpc) is 3.36. The number of thioether (sulfide) groups is 1. The van der Waals surface area contributed by atoms with Crippen molar-refractivity contribution >= 4 is 34.7 Å². The van der Waals surface area contributed by atoms with Gasteiger partial charge in [-0.15, -0.1) is 5.10 Å². The van der Waals surface area contributed by atoms with Gasteiger partial charge in [0.1, 0.15) is 12.2 Å². The molecule has 4 atom stereocenters. The molecule has 1 aliphatic carbocycles. The lowest BCUT2D eigenvalue weighted by Gasteiger charge is -2.22. The van der Waals surface area contributed by atoms with Gasteiger partial charge in [0.05, 0.1) is 12.0 Å². The quantitative estimate of drug-likeness (QED) is 0.334. The lowest BCUT2D eigenvalue weighted by atomic mass is 10.1. The summed E-state index contributed by atoms with van der Waals surface area (Å²) in [4.78, 5) is 21.3. The molecule has 0 radical (unpaired) electrons. The van der Waals surface area contributed by atoms with Crippen LogP contribution in [0.4, 0.5) is 5.82 Å². The summed E-state index contributed by atoms with van der Waals surface area (Å²) in [6.45, 7) is 8.64. The van der Waals surface area contributed by atoms with Gasteiger partial charge in [0.25, 0.3) is 0 Å². The number of carbonyl (C=O) groups is 1. The summed E-state index contributed by atoms with van der Waals surface area (Å²) >= 11 is 1.59. The molecular formula is C20H30N6O4S. The summed E-state index contributed by atoms with van der Waals surface area (Å²) in [5.74, 6) is -0.839. The van der Waals surface area contributed by atoms with Gasteiger partial charge in [-0.25, -0.2) is 14.6 Å². The van der Waals surface area contributed by atoms with Crippen LogP contribution in [0.25, 0.3) is 11.2 Å². The van der Waals surface area contributed by atoms with E-state index in [2.05, 4.69) is 34.5 Å². The van der Waals surface area contributed by atoms with Crippen LogP contribution >= 0.6 is 11.8 Å². The highest BCUT2D eigenvalue weighted by atomic mass is 32.2. The smallest absolute Gasteiger partial charge is 0.309 e. The highest BCUT2D eigenvalue weighted by molar-refractivity contribution is 7.99. The van der Waals surface area contributed by atoms with Crippen molar-refractivity contribution in [3.63, 3.8) is 0 Å². The molecule has 1 saturated carbocycles. The van der Waals surface area contributed by atoms with E-state index < -0.39 is 29.9 Å². The fraction of sp³-hybridized carbons (Fsp3) is 0.750. The van der Waals surface area contributed by atoms with E-state index in [1.807, 2.05) is 0 Å². The summed E-state index contributed by atoms with van der Waals surface area (Å²) in [5, 5.41) is 22.5. The van der Waals surface area contributed by atoms with Crippen LogP contribution in [0.5, 0.6) is 0 Å². The minimum Gasteiger partial charge on any atom is -0.481 e. The van der Waals surface area contributed by atoms with Gasteiger partial charge in [-0.3, -0.25) is 4.79 Å². The van der Waals surface area contributed by atoms with E-state index in [1.54, 1.807) is 30.3 Å². The lowest BCUT2D eigenvalue weighted by molar-refractivity contribution is -0.168. The number of unbranched alkanes of at least 4 members (excludes halogenated alkanes) is 1. The molecule has 1 saturated heterocycles. The van der Waals surface area contributed by atoms with Crippen LogP contribution in [-0.4, -0.2) is 66.3 Å². The maximum Gasteiger partial charge on any atom is 0.309 e. The molecule has 0 aromatic carbocycles. The highest BCUT2D eigenvalue weighted by Gasteiger charge is 2.57. The first kappa shape index (κ1) is 22.2. The van der Waals surface area contributed by atoms with E-state index in [0.29, 0.717) is 28.6 Å². The fourth-order valence-corrected chi connectivity index (χ4v) is 4.93. The molecule has 3 heterocycles. The maximum atomic E-state index is 11.9. The summed E-state index contributed by atoms with van der Waals surface area (Å²) in [6, 6.07) is -0.333. The largest absolute Gasteiger partial charge is 0.481 e. The molecule has 4 unspecified atom stereocenters. The molecular weight excluding hydrogens is 420 g/mol. The number of aliphatic carboxylic acids is 1. The SMILES string of the molecule is CCCCNc1nc(SCCC)nc2c1nnn2C1CC(C(=O)O)C2OC(C)(C)OC21. The van der Waals surface area contributed by atoms with Crippen molar-refractivity contribution in [1.82, 2.24) is 25.0 Å². The first-order chi connectivity index (χ1) is 14.8. The Hall–Kier alpha value is -1.98. The molecule has 2 N–H and O–H groups in total. The fourth-order valence-electron chi connectivity index (χ4n) is 4.23. The first-order valence-corrected chi connectivity index (χ1v) is 11.9. The molecule has 11 heteroatoms. The minimum absolute atomic E-state index is 0.333. The van der Waals surface area contributed by atoms with Crippen LogP contribution in [0, 0.1) is 5.92 Å². The van der Waals surface area contributed by atoms with Crippen molar-refractivity contribution in [2.24, 2.45) is 5.92 Å². The Morgan fingerprint density at radius 3 is 2.74 bits per heavy atom. The maximum absolute atomic E-state index is 11.9. The molecule has 0 bridgehead atoms. The zero-order chi connectivity index (χ0) is 22.2. The Kier molecular flexibility index (Phi) is 6.36.